The Labute approximate surface area is 281 Å². The van der Waals surface area contributed by atoms with Gasteiger partial charge in [-0.1, -0.05) is 152 Å². The fourth-order valence-electron chi connectivity index (χ4n) is 8.49. The van der Waals surface area contributed by atoms with Crippen LogP contribution < -0.4 is 4.90 Å². The van der Waals surface area contributed by atoms with E-state index in [9.17, 15) is 0 Å². The molecule has 0 N–H and O–H groups in total. The Morgan fingerprint density at radius 1 is 0.333 bits per heavy atom. The molecule has 0 bridgehead atoms. The van der Waals surface area contributed by atoms with E-state index in [0.29, 0.717) is 0 Å². The summed E-state index contributed by atoms with van der Waals surface area (Å²) in [5, 5.41) is 2.52. The van der Waals surface area contributed by atoms with Crippen LogP contribution in [0.3, 0.4) is 0 Å². The Balaban J connectivity index is 1.20. The zero-order chi connectivity index (χ0) is 31.7. The van der Waals surface area contributed by atoms with E-state index in [1.54, 1.807) is 0 Å². The summed E-state index contributed by atoms with van der Waals surface area (Å²) in [6.07, 6.45) is 0. The van der Waals surface area contributed by atoms with Crippen LogP contribution in [-0.4, -0.2) is 0 Å². The van der Waals surface area contributed by atoms with Gasteiger partial charge in [-0.3, -0.25) is 0 Å². The molecule has 224 valence electrons. The molecule has 48 heavy (non-hydrogen) atoms. The first-order valence-electron chi connectivity index (χ1n) is 16.7. The van der Waals surface area contributed by atoms with E-state index in [1.807, 2.05) is 0 Å². The molecule has 0 aliphatic heterocycles. The van der Waals surface area contributed by atoms with Gasteiger partial charge in [-0.05, 0) is 97.2 Å². The van der Waals surface area contributed by atoms with E-state index in [0.717, 1.165) is 11.4 Å². The van der Waals surface area contributed by atoms with Crippen molar-refractivity contribution in [2.45, 2.75) is 5.41 Å². The Bertz CT molecular complexity index is 2460. The second-order valence-corrected chi connectivity index (χ2v) is 12.9. The quantitative estimate of drug-likeness (QED) is 0.192. The van der Waals surface area contributed by atoms with Crippen molar-refractivity contribution in [3.05, 3.63) is 210 Å². The molecule has 0 amide bonds. The molecule has 0 saturated carbocycles. The van der Waals surface area contributed by atoms with Crippen molar-refractivity contribution in [3.8, 4) is 33.4 Å². The van der Waals surface area contributed by atoms with Gasteiger partial charge in [0, 0.05) is 16.9 Å². The topological polar surface area (TPSA) is 3.24 Å². The Hall–Kier alpha value is -6.18. The van der Waals surface area contributed by atoms with Gasteiger partial charge < -0.3 is 4.90 Å². The lowest BCUT2D eigenvalue weighted by atomic mass is 9.70. The predicted octanol–water partition coefficient (Wildman–Crippen LogP) is 12.3. The summed E-state index contributed by atoms with van der Waals surface area (Å²) in [6, 6.07) is 69.1. The molecule has 1 nitrogen and oxygen atoms in total. The van der Waals surface area contributed by atoms with Crippen molar-refractivity contribution in [1.29, 1.82) is 0 Å². The van der Waals surface area contributed by atoms with Crippen LogP contribution in [0.25, 0.3) is 44.2 Å². The first kappa shape index (κ1) is 27.0. The van der Waals surface area contributed by atoms with Crippen LogP contribution in [0.4, 0.5) is 17.1 Å². The normalized spacial score (nSPS) is 13.2. The third-order valence-corrected chi connectivity index (χ3v) is 10.5. The fraction of sp³-hybridized carbons (Fsp3) is 0.0213. The van der Waals surface area contributed by atoms with Crippen LogP contribution in [0.1, 0.15) is 22.3 Å². The smallest absolute Gasteiger partial charge is 0.0726 e. The number of fused-ring (bicyclic) bond motifs is 11. The average Bonchev–Trinajstić information content (AvgIpc) is 3.64. The van der Waals surface area contributed by atoms with Crippen molar-refractivity contribution in [2.75, 3.05) is 4.90 Å². The molecular weight excluding hydrogens is 579 g/mol. The van der Waals surface area contributed by atoms with Gasteiger partial charge in [0.15, 0.2) is 0 Å². The maximum absolute atomic E-state index is 2.44. The van der Waals surface area contributed by atoms with E-state index in [2.05, 4.69) is 193 Å². The summed E-state index contributed by atoms with van der Waals surface area (Å²) in [5.74, 6) is 0. The maximum atomic E-state index is 2.44. The first-order valence-corrected chi connectivity index (χ1v) is 16.7. The Morgan fingerprint density at radius 3 is 1.56 bits per heavy atom. The molecule has 8 aromatic carbocycles. The van der Waals surface area contributed by atoms with Crippen LogP contribution >= 0.6 is 0 Å². The summed E-state index contributed by atoms with van der Waals surface area (Å²) < 4.78 is 0. The van der Waals surface area contributed by atoms with E-state index in [4.69, 9.17) is 0 Å². The molecule has 0 saturated heterocycles. The Morgan fingerprint density at radius 2 is 0.854 bits per heavy atom. The zero-order valence-corrected chi connectivity index (χ0v) is 26.3. The molecule has 1 spiro atoms. The van der Waals surface area contributed by atoms with Crippen LogP contribution in [0, 0.1) is 0 Å². The third-order valence-electron chi connectivity index (χ3n) is 10.5. The zero-order valence-electron chi connectivity index (χ0n) is 26.3. The van der Waals surface area contributed by atoms with Gasteiger partial charge in [0.25, 0.3) is 0 Å². The van der Waals surface area contributed by atoms with Gasteiger partial charge in [0.2, 0.25) is 0 Å². The van der Waals surface area contributed by atoms with Gasteiger partial charge in [-0.15, -0.1) is 0 Å². The summed E-state index contributed by atoms with van der Waals surface area (Å²) in [7, 11) is 0. The van der Waals surface area contributed by atoms with Gasteiger partial charge in [0.1, 0.15) is 0 Å². The van der Waals surface area contributed by atoms with Crippen molar-refractivity contribution in [3.63, 3.8) is 0 Å². The minimum atomic E-state index is -0.378. The summed E-state index contributed by atoms with van der Waals surface area (Å²) in [6.45, 7) is 0. The number of hydrogen-bond acceptors (Lipinski definition) is 1. The van der Waals surface area contributed by atoms with E-state index < -0.39 is 0 Å². The van der Waals surface area contributed by atoms with Crippen molar-refractivity contribution >= 4 is 27.8 Å². The van der Waals surface area contributed by atoms with Gasteiger partial charge in [-0.2, -0.15) is 0 Å². The molecule has 10 rings (SSSR count). The second kappa shape index (κ2) is 10.4. The molecule has 0 heterocycles. The molecule has 0 radical (unpaired) electrons. The Kier molecular flexibility index (Phi) is 5.86. The molecule has 0 unspecified atom stereocenters. The minimum Gasteiger partial charge on any atom is -0.310 e. The van der Waals surface area contributed by atoms with Crippen molar-refractivity contribution in [1.82, 2.24) is 0 Å². The number of rotatable bonds is 4. The molecule has 2 aliphatic carbocycles. The summed E-state index contributed by atoms with van der Waals surface area (Å²) in [4.78, 5) is 2.44. The summed E-state index contributed by atoms with van der Waals surface area (Å²) >= 11 is 0. The lowest BCUT2D eigenvalue weighted by Crippen LogP contribution is -2.26. The maximum Gasteiger partial charge on any atom is 0.0726 e. The lowest BCUT2D eigenvalue weighted by molar-refractivity contribution is 0.794. The number of hydrogen-bond donors (Lipinski definition) is 0. The average molecular weight is 610 g/mol. The first-order chi connectivity index (χ1) is 23.8. The number of anilines is 3. The highest BCUT2D eigenvalue weighted by molar-refractivity contribution is 6.01. The molecule has 8 aromatic rings. The largest absolute Gasteiger partial charge is 0.310 e. The second-order valence-electron chi connectivity index (χ2n) is 12.9. The number of para-hydroxylation sites is 1. The molecule has 0 atom stereocenters. The lowest BCUT2D eigenvalue weighted by Gasteiger charge is -2.31. The SMILES string of the molecule is c1ccc(N(c2ccc(-c3ccc4ccccc4c3)cc2)c2cccc3c2-c2ccccc2C32c3ccccc3-c3ccccc32)cc1. The monoisotopic (exact) mass is 609 g/mol. The van der Waals surface area contributed by atoms with E-state index >= 15 is 0 Å². The molecule has 0 aromatic heterocycles. The highest BCUT2D eigenvalue weighted by Crippen LogP contribution is 2.64. The minimum absolute atomic E-state index is 0.378. The van der Waals surface area contributed by atoms with Crippen LogP contribution in [0.15, 0.2) is 188 Å². The summed E-state index contributed by atoms with van der Waals surface area (Å²) in [5.41, 5.74) is 16.2. The molecular formula is C47H31N. The number of nitrogens with zero attached hydrogens (tertiary/aromatic N) is 1. The van der Waals surface area contributed by atoms with Gasteiger partial charge in [-0.25, -0.2) is 0 Å². The highest BCUT2D eigenvalue weighted by Gasteiger charge is 2.52. The van der Waals surface area contributed by atoms with Crippen molar-refractivity contribution in [2.24, 2.45) is 0 Å². The predicted molar refractivity (Wildman–Crippen MR) is 200 cm³/mol. The fourth-order valence-corrected chi connectivity index (χ4v) is 8.49. The van der Waals surface area contributed by atoms with E-state index in [1.165, 1.54) is 72.1 Å². The van der Waals surface area contributed by atoms with Crippen LogP contribution in [-0.2, 0) is 5.41 Å². The van der Waals surface area contributed by atoms with Crippen LogP contribution in [0.2, 0.25) is 0 Å². The van der Waals surface area contributed by atoms with Gasteiger partial charge in [0.05, 0.1) is 11.1 Å². The molecule has 2 aliphatic rings. The molecule has 0 fully saturated rings. The van der Waals surface area contributed by atoms with Crippen LogP contribution in [0.5, 0.6) is 0 Å². The highest BCUT2D eigenvalue weighted by atomic mass is 15.1. The third kappa shape index (κ3) is 3.73. The molecule has 1 heteroatoms. The van der Waals surface area contributed by atoms with E-state index in [-0.39, 0.29) is 5.41 Å². The standard InChI is InChI=1S/C47H31N/c1-2-15-36(16-3-1)48(37-29-27-33(28-30-37)35-26-25-32-13-4-5-14-34(32)31-35)45-24-12-23-44-46(45)40-19-8-11-22-43(40)47(44)41-20-9-6-17-38(41)39-18-7-10-21-42(39)47/h1-31H. The van der Waals surface area contributed by atoms with Gasteiger partial charge >= 0.3 is 0 Å². The van der Waals surface area contributed by atoms with Crippen molar-refractivity contribution < 1.29 is 0 Å². The number of benzene rings is 8.